The number of hydrogen-bond acceptors (Lipinski definition) is 2. The Morgan fingerprint density at radius 1 is 1.50 bits per heavy atom. The molecule has 0 bridgehead atoms. The van der Waals surface area contributed by atoms with Crippen LogP contribution in [0.2, 0.25) is 0 Å². The molecule has 0 aliphatic rings. The number of hydrogen-bond donors (Lipinski definition) is 2. The van der Waals surface area contributed by atoms with E-state index in [1.54, 1.807) is 0 Å². The van der Waals surface area contributed by atoms with Gasteiger partial charge in [0, 0.05) is 6.07 Å². The van der Waals surface area contributed by atoms with Crippen molar-refractivity contribution >= 4 is 11.6 Å². The average Bonchev–Trinajstić information content (AvgIpc) is 2.22. The van der Waals surface area contributed by atoms with Crippen LogP contribution >= 0.6 is 0 Å². The first-order chi connectivity index (χ1) is 7.54. The third kappa shape index (κ3) is 3.27. The molecule has 0 saturated carbocycles. The first-order valence-electron chi connectivity index (χ1n) is 5.06. The van der Waals surface area contributed by atoms with Gasteiger partial charge in [0.2, 0.25) is 5.91 Å². The second-order valence-corrected chi connectivity index (χ2v) is 3.51. The molecule has 0 radical (unpaired) electrons. The van der Waals surface area contributed by atoms with Crippen LogP contribution in [0.3, 0.4) is 0 Å². The molecule has 0 aromatic heterocycles. The van der Waals surface area contributed by atoms with Gasteiger partial charge in [0.15, 0.2) is 0 Å². The second-order valence-electron chi connectivity index (χ2n) is 3.51. The Labute approximate surface area is 92.6 Å². The van der Waals surface area contributed by atoms with Crippen molar-refractivity contribution in [3.63, 3.8) is 0 Å². The van der Waals surface area contributed by atoms with Crippen molar-refractivity contribution in [2.45, 2.75) is 25.8 Å². The quantitative estimate of drug-likeness (QED) is 0.828. The molecule has 0 fully saturated rings. The highest BCUT2D eigenvalue weighted by Crippen LogP contribution is 2.15. The van der Waals surface area contributed by atoms with Gasteiger partial charge in [0.1, 0.15) is 11.6 Å². The number of nitrogens with two attached hydrogens (primary N) is 1. The number of benzene rings is 1. The minimum Gasteiger partial charge on any atom is -0.322 e. The van der Waals surface area contributed by atoms with Gasteiger partial charge in [-0.3, -0.25) is 4.79 Å². The molecule has 0 unspecified atom stereocenters. The zero-order valence-corrected chi connectivity index (χ0v) is 8.97. The van der Waals surface area contributed by atoms with Gasteiger partial charge < -0.3 is 11.1 Å². The van der Waals surface area contributed by atoms with Crippen LogP contribution in [0.15, 0.2) is 18.2 Å². The Hall–Kier alpha value is -1.49. The predicted molar refractivity (Wildman–Crippen MR) is 57.9 cm³/mol. The van der Waals surface area contributed by atoms with E-state index in [0.717, 1.165) is 12.5 Å². The van der Waals surface area contributed by atoms with E-state index in [9.17, 15) is 13.6 Å². The SMILES string of the molecule is CCC[C@H](N)C(=O)Nc1ccc(F)cc1F. The first-order valence-corrected chi connectivity index (χ1v) is 5.06. The number of amides is 1. The van der Waals surface area contributed by atoms with Gasteiger partial charge in [0.05, 0.1) is 11.7 Å². The summed E-state index contributed by atoms with van der Waals surface area (Å²) >= 11 is 0. The Balaban J connectivity index is 2.69. The Bertz CT molecular complexity index is 382. The molecule has 1 aromatic rings. The molecule has 1 amide bonds. The molecular formula is C11H14F2N2O. The number of rotatable bonds is 4. The average molecular weight is 228 g/mol. The van der Waals surface area contributed by atoms with Crippen LogP contribution in [-0.2, 0) is 4.79 Å². The smallest absolute Gasteiger partial charge is 0.241 e. The Kier molecular flexibility index (Phi) is 4.37. The maximum absolute atomic E-state index is 13.2. The largest absolute Gasteiger partial charge is 0.322 e. The van der Waals surface area contributed by atoms with E-state index in [1.807, 2.05) is 6.92 Å². The molecule has 0 aliphatic carbocycles. The minimum absolute atomic E-state index is 0.0575. The van der Waals surface area contributed by atoms with Crippen LogP contribution in [0, 0.1) is 11.6 Å². The van der Waals surface area contributed by atoms with Crippen molar-refractivity contribution in [2.24, 2.45) is 5.73 Å². The maximum Gasteiger partial charge on any atom is 0.241 e. The van der Waals surface area contributed by atoms with Crippen molar-refractivity contribution in [3.8, 4) is 0 Å². The normalized spacial score (nSPS) is 12.2. The summed E-state index contributed by atoms with van der Waals surface area (Å²) in [6.45, 7) is 1.89. The fourth-order valence-electron chi connectivity index (χ4n) is 1.26. The topological polar surface area (TPSA) is 55.1 Å². The number of anilines is 1. The minimum atomic E-state index is -0.808. The highest BCUT2D eigenvalue weighted by Gasteiger charge is 2.14. The second kappa shape index (κ2) is 5.55. The molecule has 0 spiro atoms. The lowest BCUT2D eigenvalue weighted by atomic mass is 10.1. The number of carbonyl (C=O) groups excluding carboxylic acids is 1. The number of nitrogens with one attached hydrogen (secondary N) is 1. The van der Waals surface area contributed by atoms with Gasteiger partial charge in [-0.2, -0.15) is 0 Å². The summed E-state index contributed by atoms with van der Waals surface area (Å²) in [7, 11) is 0. The summed E-state index contributed by atoms with van der Waals surface area (Å²) < 4.78 is 25.8. The molecule has 0 heterocycles. The van der Waals surface area contributed by atoms with Gasteiger partial charge in [-0.05, 0) is 18.6 Å². The molecule has 1 aromatic carbocycles. The highest BCUT2D eigenvalue weighted by atomic mass is 19.1. The van der Waals surface area contributed by atoms with E-state index in [0.29, 0.717) is 12.5 Å². The van der Waals surface area contributed by atoms with Crippen molar-refractivity contribution in [1.82, 2.24) is 0 Å². The summed E-state index contributed by atoms with van der Waals surface area (Å²) in [5.41, 5.74) is 5.49. The summed E-state index contributed by atoms with van der Waals surface area (Å²) in [4.78, 5) is 11.4. The fourth-order valence-corrected chi connectivity index (χ4v) is 1.26. The zero-order valence-electron chi connectivity index (χ0n) is 8.97. The molecule has 0 saturated heterocycles. The lowest BCUT2D eigenvalue weighted by Gasteiger charge is -2.11. The summed E-state index contributed by atoms with van der Waals surface area (Å²) in [6, 6.07) is 2.28. The van der Waals surface area contributed by atoms with Crippen molar-refractivity contribution in [3.05, 3.63) is 29.8 Å². The van der Waals surface area contributed by atoms with E-state index in [4.69, 9.17) is 5.73 Å². The number of carbonyl (C=O) groups is 1. The van der Waals surface area contributed by atoms with Gasteiger partial charge >= 0.3 is 0 Å². The van der Waals surface area contributed by atoms with Gasteiger partial charge in [0.25, 0.3) is 0 Å². The van der Waals surface area contributed by atoms with Gasteiger partial charge in [-0.1, -0.05) is 13.3 Å². The fraction of sp³-hybridized carbons (Fsp3) is 0.364. The molecule has 0 aliphatic heterocycles. The lowest BCUT2D eigenvalue weighted by Crippen LogP contribution is -2.35. The lowest BCUT2D eigenvalue weighted by molar-refractivity contribution is -0.117. The number of halogens is 2. The van der Waals surface area contributed by atoms with E-state index >= 15 is 0 Å². The van der Waals surface area contributed by atoms with E-state index < -0.39 is 23.6 Å². The molecule has 3 nitrogen and oxygen atoms in total. The third-order valence-corrected chi connectivity index (χ3v) is 2.13. The maximum atomic E-state index is 13.2. The summed E-state index contributed by atoms with van der Waals surface area (Å²) in [6.07, 6.45) is 1.29. The van der Waals surface area contributed by atoms with Crippen LogP contribution < -0.4 is 11.1 Å². The zero-order chi connectivity index (χ0) is 12.1. The van der Waals surface area contributed by atoms with E-state index in [-0.39, 0.29) is 5.69 Å². The summed E-state index contributed by atoms with van der Waals surface area (Å²) in [5.74, 6) is -1.96. The molecule has 5 heteroatoms. The van der Waals surface area contributed by atoms with Crippen LogP contribution in [0.4, 0.5) is 14.5 Å². The van der Waals surface area contributed by atoms with E-state index in [2.05, 4.69) is 5.32 Å². The summed E-state index contributed by atoms with van der Waals surface area (Å²) in [5, 5.41) is 2.32. The van der Waals surface area contributed by atoms with Crippen molar-refractivity contribution < 1.29 is 13.6 Å². The molecule has 88 valence electrons. The van der Waals surface area contributed by atoms with Crippen LogP contribution in [0.5, 0.6) is 0 Å². The first kappa shape index (κ1) is 12.6. The van der Waals surface area contributed by atoms with E-state index in [1.165, 1.54) is 6.07 Å². The molecular weight excluding hydrogens is 214 g/mol. The predicted octanol–water partition coefficient (Wildman–Crippen LogP) is 2.03. The van der Waals surface area contributed by atoms with Gasteiger partial charge in [-0.15, -0.1) is 0 Å². The standard InChI is InChI=1S/C11H14F2N2O/c1-2-3-9(14)11(16)15-10-5-4-7(12)6-8(10)13/h4-6,9H,2-3,14H2,1H3,(H,15,16)/t9-/m0/s1. The molecule has 1 rings (SSSR count). The van der Waals surface area contributed by atoms with Crippen molar-refractivity contribution in [1.29, 1.82) is 0 Å². The van der Waals surface area contributed by atoms with Crippen molar-refractivity contribution in [2.75, 3.05) is 5.32 Å². The molecule has 1 atom stereocenters. The highest BCUT2D eigenvalue weighted by molar-refractivity contribution is 5.94. The van der Waals surface area contributed by atoms with Gasteiger partial charge in [-0.25, -0.2) is 8.78 Å². The Morgan fingerprint density at radius 3 is 2.75 bits per heavy atom. The Morgan fingerprint density at radius 2 is 2.19 bits per heavy atom. The molecule has 3 N–H and O–H groups in total. The third-order valence-electron chi connectivity index (χ3n) is 2.13. The van der Waals surface area contributed by atoms with Crippen LogP contribution in [-0.4, -0.2) is 11.9 Å². The van der Waals surface area contributed by atoms with Crippen LogP contribution in [0.1, 0.15) is 19.8 Å². The molecule has 16 heavy (non-hydrogen) atoms. The van der Waals surface area contributed by atoms with Crippen LogP contribution in [0.25, 0.3) is 0 Å². The monoisotopic (exact) mass is 228 g/mol.